The largest absolute Gasteiger partial charge is 0.491 e. The normalized spacial score (nSPS) is 11.1. The maximum absolute atomic E-state index is 12.2. The van der Waals surface area contributed by atoms with E-state index in [0.717, 1.165) is 17.4 Å². The molecule has 2 aromatic rings. The van der Waals surface area contributed by atoms with E-state index in [-0.39, 0.29) is 34.8 Å². The van der Waals surface area contributed by atoms with Crippen molar-refractivity contribution in [3.8, 4) is 5.75 Å². The summed E-state index contributed by atoms with van der Waals surface area (Å²) in [6, 6.07) is 11.5. The van der Waals surface area contributed by atoms with E-state index in [1.54, 1.807) is 0 Å². The van der Waals surface area contributed by atoms with Gasteiger partial charge in [0.2, 0.25) is 0 Å². The number of ether oxygens (including phenoxy) is 1. The summed E-state index contributed by atoms with van der Waals surface area (Å²) in [5.41, 5.74) is 0.898. The van der Waals surface area contributed by atoms with Crippen LogP contribution in [0.5, 0.6) is 5.75 Å². The molecule has 0 radical (unpaired) electrons. The Kier molecular flexibility index (Phi) is 6.21. The number of rotatable bonds is 6. The highest BCUT2D eigenvalue weighted by Crippen LogP contribution is 2.30. The first-order chi connectivity index (χ1) is 12.2. The van der Waals surface area contributed by atoms with Gasteiger partial charge in [-0.05, 0) is 23.1 Å². The van der Waals surface area contributed by atoms with Crippen molar-refractivity contribution in [2.45, 2.75) is 26.2 Å². The Bertz CT molecular complexity index is 815. The van der Waals surface area contributed by atoms with Crippen LogP contribution >= 0.6 is 11.6 Å². The number of nitrogens with one attached hydrogen (secondary N) is 1. The smallest absolute Gasteiger partial charge is 0.270 e. The summed E-state index contributed by atoms with van der Waals surface area (Å²) in [5.74, 6) is 0.286. The van der Waals surface area contributed by atoms with Crippen LogP contribution in [0.4, 0.5) is 5.69 Å². The van der Waals surface area contributed by atoms with Crippen molar-refractivity contribution in [2.75, 3.05) is 13.2 Å². The minimum Gasteiger partial charge on any atom is -0.491 e. The Balaban J connectivity index is 1.96. The Hall–Kier alpha value is -2.60. The Labute approximate surface area is 157 Å². The SMILES string of the molecule is CC(C)(C)c1ccccc1OCCNC(=O)c1cc([N+](=O)[O-])ccc1Cl. The molecule has 0 aliphatic rings. The highest BCUT2D eigenvalue weighted by molar-refractivity contribution is 6.33. The zero-order chi connectivity index (χ0) is 19.3. The molecule has 2 aromatic carbocycles. The van der Waals surface area contributed by atoms with Gasteiger partial charge in [-0.25, -0.2) is 0 Å². The van der Waals surface area contributed by atoms with Crippen molar-refractivity contribution in [1.29, 1.82) is 0 Å². The Morgan fingerprint density at radius 2 is 1.92 bits per heavy atom. The predicted molar refractivity (Wildman–Crippen MR) is 101 cm³/mol. The lowest BCUT2D eigenvalue weighted by molar-refractivity contribution is -0.384. The number of carbonyl (C=O) groups excluding carboxylic acids is 1. The molecule has 1 amide bonds. The first kappa shape index (κ1) is 19.7. The van der Waals surface area contributed by atoms with Crippen molar-refractivity contribution >= 4 is 23.2 Å². The second kappa shape index (κ2) is 8.19. The number of halogens is 1. The van der Waals surface area contributed by atoms with Gasteiger partial charge in [0.05, 0.1) is 22.1 Å². The summed E-state index contributed by atoms with van der Waals surface area (Å²) in [6.07, 6.45) is 0. The molecule has 138 valence electrons. The molecule has 26 heavy (non-hydrogen) atoms. The molecule has 6 nitrogen and oxygen atoms in total. The van der Waals surface area contributed by atoms with Crippen LogP contribution in [0.1, 0.15) is 36.7 Å². The fourth-order valence-electron chi connectivity index (χ4n) is 2.43. The lowest BCUT2D eigenvalue weighted by Gasteiger charge is -2.22. The fraction of sp³-hybridized carbons (Fsp3) is 0.316. The number of hydrogen-bond acceptors (Lipinski definition) is 4. The molecule has 0 atom stereocenters. The second-order valence-electron chi connectivity index (χ2n) is 6.77. The van der Waals surface area contributed by atoms with Gasteiger partial charge in [0.1, 0.15) is 12.4 Å². The average molecular weight is 377 g/mol. The van der Waals surface area contributed by atoms with E-state index in [1.165, 1.54) is 12.1 Å². The minimum atomic E-state index is -0.570. The van der Waals surface area contributed by atoms with Crippen LogP contribution in [0, 0.1) is 10.1 Å². The van der Waals surface area contributed by atoms with E-state index in [9.17, 15) is 14.9 Å². The van der Waals surface area contributed by atoms with Gasteiger partial charge < -0.3 is 10.1 Å². The number of nitrogens with zero attached hydrogens (tertiary/aromatic N) is 1. The van der Waals surface area contributed by atoms with Gasteiger partial charge in [-0.1, -0.05) is 50.6 Å². The second-order valence-corrected chi connectivity index (χ2v) is 7.18. The van der Waals surface area contributed by atoms with Crippen LogP contribution in [-0.4, -0.2) is 24.0 Å². The first-order valence-corrected chi connectivity index (χ1v) is 8.52. The molecule has 0 unspecified atom stereocenters. The molecule has 1 N–H and O–H groups in total. The topological polar surface area (TPSA) is 81.5 Å². The lowest BCUT2D eigenvalue weighted by Crippen LogP contribution is -2.28. The number of para-hydroxylation sites is 1. The van der Waals surface area contributed by atoms with E-state index in [2.05, 4.69) is 26.1 Å². The van der Waals surface area contributed by atoms with Crippen LogP contribution < -0.4 is 10.1 Å². The maximum Gasteiger partial charge on any atom is 0.270 e. The van der Waals surface area contributed by atoms with Gasteiger partial charge in [-0.2, -0.15) is 0 Å². The maximum atomic E-state index is 12.2. The van der Waals surface area contributed by atoms with Crippen molar-refractivity contribution in [1.82, 2.24) is 5.32 Å². The van der Waals surface area contributed by atoms with E-state index in [1.807, 2.05) is 24.3 Å². The average Bonchev–Trinajstić information content (AvgIpc) is 2.58. The highest BCUT2D eigenvalue weighted by Gasteiger charge is 2.19. The molecule has 2 rings (SSSR count). The number of nitro groups is 1. The summed E-state index contributed by atoms with van der Waals surface area (Å²) in [7, 11) is 0. The fourth-order valence-corrected chi connectivity index (χ4v) is 2.64. The Morgan fingerprint density at radius 3 is 2.58 bits per heavy atom. The number of benzene rings is 2. The van der Waals surface area contributed by atoms with Gasteiger partial charge in [-0.15, -0.1) is 0 Å². The van der Waals surface area contributed by atoms with Gasteiger partial charge in [0.15, 0.2) is 0 Å². The molecule has 0 aliphatic carbocycles. The number of nitro benzene ring substituents is 1. The van der Waals surface area contributed by atoms with Crippen LogP contribution in [0.3, 0.4) is 0 Å². The van der Waals surface area contributed by atoms with Gasteiger partial charge in [0, 0.05) is 12.1 Å². The zero-order valence-corrected chi connectivity index (χ0v) is 15.7. The third-order valence-electron chi connectivity index (χ3n) is 3.75. The van der Waals surface area contributed by atoms with Gasteiger partial charge in [0.25, 0.3) is 11.6 Å². The highest BCUT2D eigenvalue weighted by atomic mass is 35.5. The summed E-state index contributed by atoms with van der Waals surface area (Å²) in [4.78, 5) is 22.5. The van der Waals surface area contributed by atoms with Crippen LogP contribution in [0.2, 0.25) is 5.02 Å². The van der Waals surface area contributed by atoms with Crippen LogP contribution in [-0.2, 0) is 5.41 Å². The quantitative estimate of drug-likeness (QED) is 0.461. The van der Waals surface area contributed by atoms with E-state index < -0.39 is 10.8 Å². The van der Waals surface area contributed by atoms with Crippen molar-refractivity contribution in [3.05, 3.63) is 68.7 Å². The number of hydrogen-bond donors (Lipinski definition) is 1. The molecule has 0 saturated heterocycles. The molecule has 0 aliphatic heterocycles. The van der Waals surface area contributed by atoms with E-state index >= 15 is 0 Å². The summed E-state index contributed by atoms with van der Waals surface area (Å²) >= 11 is 5.96. The molecule has 0 spiro atoms. The zero-order valence-electron chi connectivity index (χ0n) is 14.9. The summed E-state index contributed by atoms with van der Waals surface area (Å²) in [6.45, 7) is 6.81. The lowest BCUT2D eigenvalue weighted by atomic mass is 9.86. The number of amides is 1. The molecular weight excluding hydrogens is 356 g/mol. The monoisotopic (exact) mass is 376 g/mol. The van der Waals surface area contributed by atoms with Crippen molar-refractivity contribution < 1.29 is 14.5 Å². The third kappa shape index (κ3) is 4.95. The van der Waals surface area contributed by atoms with Crippen molar-refractivity contribution in [2.24, 2.45) is 0 Å². The van der Waals surface area contributed by atoms with Crippen LogP contribution in [0.15, 0.2) is 42.5 Å². The van der Waals surface area contributed by atoms with E-state index in [0.29, 0.717) is 0 Å². The van der Waals surface area contributed by atoms with Crippen molar-refractivity contribution in [3.63, 3.8) is 0 Å². The number of carbonyl (C=O) groups is 1. The summed E-state index contributed by atoms with van der Waals surface area (Å²) < 4.78 is 5.79. The standard InChI is InChI=1S/C19H21ClN2O4/c1-19(2,3)15-6-4-5-7-17(15)26-11-10-21-18(23)14-12-13(22(24)25)8-9-16(14)20/h4-9,12H,10-11H2,1-3H3,(H,21,23). The number of non-ortho nitro benzene ring substituents is 1. The molecule has 7 heteroatoms. The molecular formula is C19H21ClN2O4. The Morgan fingerprint density at radius 1 is 1.23 bits per heavy atom. The summed E-state index contributed by atoms with van der Waals surface area (Å²) in [5, 5.41) is 13.7. The minimum absolute atomic E-state index is 0.0592. The molecule has 0 heterocycles. The molecule has 0 saturated carbocycles. The third-order valence-corrected chi connectivity index (χ3v) is 4.08. The predicted octanol–water partition coefficient (Wildman–Crippen LogP) is 4.35. The van der Waals surface area contributed by atoms with E-state index in [4.69, 9.17) is 16.3 Å². The molecule has 0 bridgehead atoms. The first-order valence-electron chi connectivity index (χ1n) is 8.14. The van der Waals surface area contributed by atoms with Crippen LogP contribution in [0.25, 0.3) is 0 Å². The molecule has 0 aromatic heterocycles. The van der Waals surface area contributed by atoms with Gasteiger partial charge in [-0.3, -0.25) is 14.9 Å². The molecule has 0 fully saturated rings. The van der Waals surface area contributed by atoms with Gasteiger partial charge >= 0.3 is 0 Å².